The standard InChI is InChI=1S/C18H20N2O2/c1-13(14-6-3-2-4-7-14)20-12-16(10-17(20)21)18(22)15-8-5-9-19-11-15/h2-9,11,13,16,18,22H,10,12H2,1H3/t13?,16?,18-/m0/s1. The van der Waals surface area contributed by atoms with Crippen molar-refractivity contribution in [2.24, 2.45) is 5.92 Å². The molecule has 2 unspecified atom stereocenters. The van der Waals surface area contributed by atoms with Crippen molar-refractivity contribution in [3.05, 3.63) is 66.0 Å². The quantitative estimate of drug-likeness (QED) is 0.944. The smallest absolute Gasteiger partial charge is 0.223 e. The first kappa shape index (κ1) is 14.7. The fourth-order valence-electron chi connectivity index (χ4n) is 3.08. The predicted octanol–water partition coefficient (Wildman–Crippen LogP) is 2.72. The zero-order chi connectivity index (χ0) is 15.5. The van der Waals surface area contributed by atoms with Gasteiger partial charge in [0.05, 0.1) is 12.1 Å². The first-order chi connectivity index (χ1) is 10.7. The minimum atomic E-state index is -0.648. The monoisotopic (exact) mass is 296 g/mol. The van der Waals surface area contributed by atoms with Crippen molar-refractivity contribution in [1.82, 2.24) is 9.88 Å². The van der Waals surface area contributed by atoms with E-state index < -0.39 is 6.10 Å². The summed E-state index contributed by atoms with van der Waals surface area (Å²) in [6.07, 6.45) is 3.08. The molecule has 1 aromatic carbocycles. The average molecular weight is 296 g/mol. The molecule has 2 heterocycles. The number of rotatable bonds is 4. The number of aliphatic hydroxyl groups is 1. The molecule has 0 saturated carbocycles. The second-order valence-electron chi connectivity index (χ2n) is 5.83. The molecule has 0 radical (unpaired) electrons. The molecule has 0 spiro atoms. The molecular formula is C18H20N2O2. The number of carbonyl (C=O) groups is 1. The molecule has 22 heavy (non-hydrogen) atoms. The van der Waals surface area contributed by atoms with E-state index in [1.54, 1.807) is 18.5 Å². The number of nitrogens with zero attached hydrogens (tertiary/aromatic N) is 2. The van der Waals surface area contributed by atoms with Crippen molar-refractivity contribution < 1.29 is 9.90 Å². The van der Waals surface area contributed by atoms with E-state index in [0.717, 1.165) is 11.1 Å². The maximum absolute atomic E-state index is 12.3. The van der Waals surface area contributed by atoms with Gasteiger partial charge in [-0.2, -0.15) is 0 Å². The van der Waals surface area contributed by atoms with Crippen LogP contribution in [-0.4, -0.2) is 27.4 Å². The largest absolute Gasteiger partial charge is 0.388 e. The minimum absolute atomic E-state index is 0.0276. The number of amides is 1. The first-order valence-electron chi connectivity index (χ1n) is 7.59. The summed E-state index contributed by atoms with van der Waals surface area (Å²) in [6, 6.07) is 13.7. The maximum Gasteiger partial charge on any atom is 0.223 e. The van der Waals surface area contributed by atoms with Crippen molar-refractivity contribution in [1.29, 1.82) is 0 Å². The molecular weight excluding hydrogens is 276 g/mol. The summed E-state index contributed by atoms with van der Waals surface area (Å²) < 4.78 is 0. The van der Waals surface area contributed by atoms with E-state index in [-0.39, 0.29) is 17.9 Å². The van der Waals surface area contributed by atoms with Crippen molar-refractivity contribution in [2.45, 2.75) is 25.5 Å². The van der Waals surface area contributed by atoms with Crippen LogP contribution >= 0.6 is 0 Å². The third-order valence-corrected chi connectivity index (χ3v) is 4.41. The maximum atomic E-state index is 12.3. The molecule has 3 rings (SSSR count). The second-order valence-corrected chi connectivity index (χ2v) is 5.83. The van der Waals surface area contributed by atoms with E-state index in [9.17, 15) is 9.90 Å². The van der Waals surface area contributed by atoms with Gasteiger partial charge < -0.3 is 10.0 Å². The van der Waals surface area contributed by atoms with Crippen molar-refractivity contribution in [3.8, 4) is 0 Å². The van der Waals surface area contributed by atoms with E-state index in [2.05, 4.69) is 4.98 Å². The van der Waals surface area contributed by atoms with Crippen LogP contribution in [0.25, 0.3) is 0 Å². The summed E-state index contributed by atoms with van der Waals surface area (Å²) in [7, 11) is 0. The van der Waals surface area contributed by atoms with Gasteiger partial charge in [0.25, 0.3) is 0 Å². The van der Waals surface area contributed by atoms with Gasteiger partial charge in [-0.1, -0.05) is 36.4 Å². The van der Waals surface area contributed by atoms with Crippen LogP contribution in [0.3, 0.4) is 0 Å². The van der Waals surface area contributed by atoms with Crippen LogP contribution in [0.1, 0.15) is 36.6 Å². The number of pyridine rings is 1. The molecule has 1 aromatic heterocycles. The van der Waals surface area contributed by atoms with Crippen LogP contribution in [0.4, 0.5) is 0 Å². The molecule has 114 valence electrons. The Morgan fingerprint density at radius 1 is 1.18 bits per heavy atom. The van der Waals surface area contributed by atoms with Crippen LogP contribution < -0.4 is 0 Å². The van der Waals surface area contributed by atoms with E-state index in [1.165, 1.54) is 0 Å². The number of likely N-dealkylation sites (tertiary alicyclic amines) is 1. The van der Waals surface area contributed by atoms with Gasteiger partial charge in [-0.3, -0.25) is 9.78 Å². The zero-order valence-electron chi connectivity index (χ0n) is 12.6. The number of aromatic nitrogens is 1. The predicted molar refractivity (Wildman–Crippen MR) is 83.9 cm³/mol. The third-order valence-electron chi connectivity index (χ3n) is 4.41. The highest BCUT2D eigenvalue weighted by Gasteiger charge is 2.37. The molecule has 1 aliphatic rings. The fourth-order valence-corrected chi connectivity index (χ4v) is 3.08. The number of hydrogen-bond acceptors (Lipinski definition) is 3. The van der Waals surface area contributed by atoms with Crippen molar-refractivity contribution in [3.63, 3.8) is 0 Å². The summed E-state index contributed by atoms with van der Waals surface area (Å²) >= 11 is 0. The van der Waals surface area contributed by atoms with Crippen LogP contribution in [0.2, 0.25) is 0 Å². The molecule has 2 aromatic rings. The molecule has 0 bridgehead atoms. The molecule has 1 saturated heterocycles. The number of carbonyl (C=O) groups excluding carboxylic acids is 1. The molecule has 3 atom stereocenters. The zero-order valence-corrected chi connectivity index (χ0v) is 12.6. The highest BCUT2D eigenvalue weighted by Crippen LogP contribution is 2.34. The first-order valence-corrected chi connectivity index (χ1v) is 7.59. The van der Waals surface area contributed by atoms with E-state index in [1.807, 2.05) is 48.2 Å². The molecule has 1 N–H and O–H groups in total. The van der Waals surface area contributed by atoms with Gasteiger partial charge in [0, 0.05) is 31.3 Å². The topological polar surface area (TPSA) is 53.4 Å². The van der Waals surface area contributed by atoms with Crippen LogP contribution in [0.15, 0.2) is 54.9 Å². The number of hydrogen-bond donors (Lipinski definition) is 1. The Balaban J connectivity index is 1.73. The number of aliphatic hydroxyl groups excluding tert-OH is 1. The van der Waals surface area contributed by atoms with Gasteiger partial charge >= 0.3 is 0 Å². The second kappa shape index (κ2) is 6.28. The Hall–Kier alpha value is -2.20. The molecule has 1 fully saturated rings. The van der Waals surface area contributed by atoms with E-state index >= 15 is 0 Å². The van der Waals surface area contributed by atoms with E-state index in [4.69, 9.17) is 0 Å². The summed E-state index contributed by atoms with van der Waals surface area (Å²) in [6.45, 7) is 2.61. The lowest BCUT2D eigenvalue weighted by Crippen LogP contribution is -2.29. The van der Waals surface area contributed by atoms with E-state index in [0.29, 0.717) is 13.0 Å². The Labute approximate surface area is 130 Å². The molecule has 0 aliphatic carbocycles. The normalized spacial score (nSPS) is 20.9. The van der Waals surface area contributed by atoms with Crippen LogP contribution in [0, 0.1) is 5.92 Å². The van der Waals surface area contributed by atoms with Crippen molar-refractivity contribution >= 4 is 5.91 Å². The van der Waals surface area contributed by atoms with Gasteiger partial charge in [-0.05, 0) is 24.1 Å². The van der Waals surface area contributed by atoms with Gasteiger partial charge in [-0.15, -0.1) is 0 Å². The summed E-state index contributed by atoms with van der Waals surface area (Å²) in [5.41, 5.74) is 1.89. The number of benzene rings is 1. The van der Waals surface area contributed by atoms with Gasteiger partial charge in [-0.25, -0.2) is 0 Å². The highest BCUT2D eigenvalue weighted by molar-refractivity contribution is 5.79. The minimum Gasteiger partial charge on any atom is -0.388 e. The lowest BCUT2D eigenvalue weighted by Gasteiger charge is -2.26. The van der Waals surface area contributed by atoms with Crippen LogP contribution in [-0.2, 0) is 4.79 Å². The van der Waals surface area contributed by atoms with Crippen LogP contribution in [0.5, 0.6) is 0 Å². The Morgan fingerprint density at radius 2 is 1.91 bits per heavy atom. The summed E-state index contributed by atoms with van der Waals surface area (Å²) in [5, 5.41) is 10.5. The molecule has 1 amide bonds. The highest BCUT2D eigenvalue weighted by atomic mass is 16.3. The average Bonchev–Trinajstić information content (AvgIpc) is 2.97. The van der Waals surface area contributed by atoms with Gasteiger partial charge in [0.1, 0.15) is 0 Å². The summed E-state index contributed by atoms with van der Waals surface area (Å²) in [4.78, 5) is 18.2. The van der Waals surface area contributed by atoms with Gasteiger partial charge in [0.15, 0.2) is 0 Å². The lowest BCUT2D eigenvalue weighted by molar-refractivity contribution is -0.129. The Morgan fingerprint density at radius 3 is 2.59 bits per heavy atom. The SMILES string of the molecule is CC(c1ccccc1)N1CC([C@@H](O)c2cccnc2)CC1=O. The Bertz CT molecular complexity index is 630. The molecule has 4 nitrogen and oxygen atoms in total. The van der Waals surface area contributed by atoms with Gasteiger partial charge in [0.2, 0.25) is 5.91 Å². The molecule has 1 aliphatic heterocycles. The fraction of sp³-hybridized carbons (Fsp3) is 0.333. The van der Waals surface area contributed by atoms with Crippen molar-refractivity contribution in [2.75, 3.05) is 6.54 Å². The third kappa shape index (κ3) is 2.88. The molecule has 4 heteroatoms. The Kier molecular flexibility index (Phi) is 4.20. The summed E-state index contributed by atoms with van der Waals surface area (Å²) in [5.74, 6) is 0.0205. The lowest BCUT2D eigenvalue weighted by atomic mass is 9.96.